The number of thiophene rings is 1. The lowest BCUT2D eigenvalue weighted by molar-refractivity contribution is -0.115. The van der Waals surface area contributed by atoms with Crippen LogP contribution in [-0.4, -0.2) is 10.9 Å². The van der Waals surface area contributed by atoms with Crippen LogP contribution in [0.25, 0.3) is 10.8 Å². The second-order valence-corrected chi connectivity index (χ2v) is 8.62. The third-order valence-corrected chi connectivity index (χ3v) is 6.74. The molecule has 1 aliphatic rings. The minimum atomic E-state index is -0.143. The molecular formula is C20H19N3O2S2. The molecule has 5 nitrogen and oxygen atoms in total. The van der Waals surface area contributed by atoms with Crippen molar-refractivity contribution in [2.45, 2.75) is 45.4 Å². The predicted molar refractivity (Wildman–Crippen MR) is 107 cm³/mol. The van der Waals surface area contributed by atoms with Gasteiger partial charge in [-0.1, -0.05) is 6.42 Å². The van der Waals surface area contributed by atoms with E-state index in [-0.39, 0.29) is 12.3 Å². The van der Waals surface area contributed by atoms with Crippen LogP contribution >= 0.6 is 22.7 Å². The van der Waals surface area contributed by atoms with Crippen LogP contribution in [0.5, 0.6) is 0 Å². The number of furan rings is 1. The molecule has 0 fully saturated rings. The Morgan fingerprint density at radius 2 is 2.19 bits per heavy atom. The van der Waals surface area contributed by atoms with Crippen molar-refractivity contribution < 1.29 is 9.21 Å². The molecule has 0 bridgehead atoms. The molecule has 3 aromatic heterocycles. The van der Waals surface area contributed by atoms with Crippen LogP contribution in [0, 0.1) is 18.3 Å². The van der Waals surface area contributed by atoms with Crippen LogP contribution in [-0.2, 0) is 24.1 Å². The highest BCUT2D eigenvalue weighted by atomic mass is 32.1. The highest BCUT2D eigenvalue weighted by Gasteiger charge is 2.21. The summed E-state index contributed by atoms with van der Waals surface area (Å²) in [5.41, 5.74) is 2.49. The smallest absolute Gasteiger partial charge is 0.231 e. The van der Waals surface area contributed by atoms with Crippen molar-refractivity contribution in [3.63, 3.8) is 0 Å². The minimum Gasteiger partial charge on any atom is -0.459 e. The molecule has 138 valence electrons. The van der Waals surface area contributed by atoms with Gasteiger partial charge in [-0.3, -0.25) is 4.79 Å². The van der Waals surface area contributed by atoms with Crippen LogP contribution in [0.4, 0.5) is 5.00 Å². The number of aromatic nitrogens is 1. The molecule has 4 rings (SSSR count). The zero-order chi connectivity index (χ0) is 18.8. The highest BCUT2D eigenvalue weighted by Crippen LogP contribution is 2.37. The predicted octanol–water partition coefficient (Wildman–Crippen LogP) is 5.09. The van der Waals surface area contributed by atoms with Crippen LogP contribution in [0.1, 0.15) is 46.7 Å². The zero-order valence-corrected chi connectivity index (χ0v) is 16.6. The Bertz CT molecular complexity index is 1020. The molecule has 0 saturated carbocycles. The van der Waals surface area contributed by atoms with E-state index >= 15 is 0 Å². The summed E-state index contributed by atoms with van der Waals surface area (Å²) in [6, 6.07) is 6.08. The molecule has 0 aromatic carbocycles. The van der Waals surface area contributed by atoms with Gasteiger partial charge in [0.05, 0.1) is 17.7 Å². The fraction of sp³-hybridized carbons (Fsp3) is 0.350. The lowest BCUT2D eigenvalue weighted by atomic mass is 10.1. The topological polar surface area (TPSA) is 78.9 Å². The van der Waals surface area contributed by atoms with Crippen LogP contribution in [0.3, 0.4) is 0 Å². The Balaban J connectivity index is 1.47. The van der Waals surface area contributed by atoms with Crippen LogP contribution in [0.2, 0.25) is 0 Å². The van der Waals surface area contributed by atoms with Crippen molar-refractivity contribution in [2.75, 3.05) is 5.32 Å². The normalized spacial score (nSPS) is 13.6. The lowest BCUT2D eigenvalue weighted by Crippen LogP contribution is -2.14. The quantitative estimate of drug-likeness (QED) is 0.622. The number of nitrogens with one attached hydrogen (secondary N) is 1. The molecule has 0 unspecified atom stereocenters. The summed E-state index contributed by atoms with van der Waals surface area (Å²) < 4.78 is 5.58. The molecule has 3 heterocycles. The van der Waals surface area contributed by atoms with E-state index in [9.17, 15) is 10.1 Å². The summed E-state index contributed by atoms with van der Waals surface area (Å²) in [5.74, 6) is 1.41. The van der Waals surface area contributed by atoms with E-state index in [1.165, 1.54) is 22.6 Å². The number of anilines is 1. The lowest BCUT2D eigenvalue weighted by Gasteiger charge is -2.02. The number of nitrogens with zero attached hydrogens (tertiary/aromatic N) is 2. The summed E-state index contributed by atoms with van der Waals surface area (Å²) in [6.07, 6.45) is 5.59. The van der Waals surface area contributed by atoms with E-state index in [4.69, 9.17) is 4.42 Å². The first kappa shape index (κ1) is 18.0. The van der Waals surface area contributed by atoms with Crippen molar-refractivity contribution in [1.82, 2.24) is 4.98 Å². The Hall–Kier alpha value is -2.43. The third kappa shape index (κ3) is 3.82. The van der Waals surface area contributed by atoms with E-state index in [2.05, 4.69) is 16.4 Å². The van der Waals surface area contributed by atoms with E-state index in [0.29, 0.717) is 16.3 Å². The third-order valence-electron chi connectivity index (χ3n) is 4.63. The first-order valence-electron chi connectivity index (χ1n) is 8.99. The molecule has 27 heavy (non-hydrogen) atoms. The molecule has 0 spiro atoms. The second kappa shape index (κ2) is 7.67. The van der Waals surface area contributed by atoms with Crippen molar-refractivity contribution >= 4 is 33.6 Å². The van der Waals surface area contributed by atoms with Gasteiger partial charge in [0.15, 0.2) is 10.8 Å². The number of nitriles is 1. The summed E-state index contributed by atoms with van der Waals surface area (Å²) in [6.45, 7) is 1.89. The van der Waals surface area contributed by atoms with Crippen LogP contribution in [0.15, 0.2) is 21.9 Å². The molecule has 0 saturated heterocycles. The number of rotatable bonds is 4. The number of carbonyl (C=O) groups excluding carboxylic acids is 1. The Morgan fingerprint density at radius 3 is 2.96 bits per heavy atom. The fourth-order valence-electron chi connectivity index (χ4n) is 3.34. The maximum atomic E-state index is 12.5. The van der Waals surface area contributed by atoms with Gasteiger partial charge in [-0.25, -0.2) is 4.98 Å². The van der Waals surface area contributed by atoms with Gasteiger partial charge in [-0.2, -0.15) is 5.26 Å². The monoisotopic (exact) mass is 397 g/mol. The van der Waals surface area contributed by atoms with E-state index in [1.54, 1.807) is 11.3 Å². The number of amides is 1. The van der Waals surface area contributed by atoms with Crippen molar-refractivity contribution in [1.29, 1.82) is 5.26 Å². The molecule has 0 aliphatic heterocycles. The summed E-state index contributed by atoms with van der Waals surface area (Å²) in [7, 11) is 0. The zero-order valence-electron chi connectivity index (χ0n) is 15.0. The number of fused-ring (bicyclic) bond motifs is 1. The fourth-order valence-corrected chi connectivity index (χ4v) is 5.37. The van der Waals surface area contributed by atoms with E-state index in [1.807, 2.05) is 24.4 Å². The number of hydrogen-bond acceptors (Lipinski definition) is 6. The molecule has 1 N–H and O–H groups in total. The van der Waals surface area contributed by atoms with Crippen molar-refractivity contribution in [3.05, 3.63) is 45.0 Å². The molecule has 0 radical (unpaired) electrons. The summed E-state index contributed by atoms with van der Waals surface area (Å²) in [4.78, 5) is 18.3. The number of hydrogen-bond donors (Lipinski definition) is 1. The van der Waals surface area contributed by atoms with Gasteiger partial charge in [0.1, 0.15) is 16.8 Å². The maximum absolute atomic E-state index is 12.5. The number of thiazole rings is 1. The minimum absolute atomic E-state index is 0.143. The summed E-state index contributed by atoms with van der Waals surface area (Å²) >= 11 is 3.02. The van der Waals surface area contributed by atoms with Gasteiger partial charge >= 0.3 is 0 Å². The molecule has 7 heteroatoms. The van der Waals surface area contributed by atoms with E-state index in [0.717, 1.165) is 47.8 Å². The summed E-state index contributed by atoms with van der Waals surface area (Å²) in [5, 5.41) is 15.8. The number of aryl methyl sites for hydroxylation is 2. The largest absolute Gasteiger partial charge is 0.459 e. The molecule has 3 aromatic rings. The van der Waals surface area contributed by atoms with Gasteiger partial charge in [-0.15, -0.1) is 22.7 Å². The van der Waals surface area contributed by atoms with Gasteiger partial charge in [0.2, 0.25) is 5.91 Å². The molecule has 0 atom stereocenters. The maximum Gasteiger partial charge on any atom is 0.231 e. The number of carbonyl (C=O) groups is 1. The SMILES string of the molecule is Cc1ccc(-c2nc(CC(=O)Nc3sc4c(c3C#N)CCCCC4)cs2)o1. The molecule has 1 amide bonds. The Kier molecular flexibility index (Phi) is 5.10. The highest BCUT2D eigenvalue weighted by molar-refractivity contribution is 7.16. The van der Waals surface area contributed by atoms with Gasteiger partial charge in [-0.05, 0) is 50.3 Å². The van der Waals surface area contributed by atoms with Crippen molar-refractivity contribution in [2.24, 2.45) is 0 Å². The standard InChI is InChI=1S/C20H19N3O2S2/c1-12-7-8-16(25-12)20-22-13(11-26-20)9-18(24)23-19-15(10-21)14-5-3-2-4-6-17(14)27-19/h7-8,11H,2-6,9H2,1H3,(H,23,24). The Labute approximate surface area is 165 Å². The van der Waals surface area contributed by atoms with Crippen molar-refractivity contribution in [3.8, 4) is 16.8 Å². The molecule has 1 aliphatic carbocycles. The van der Waals surface area contributed by atoms with E-state index < -0.39 is 0 Å². The second-order valence-electron chi connectivity index (χ2n) is 6.66. The first-order valence-corrected chi connectivity index (χ1v) is 10.7. The first-order chi connectivity index (χ1) is 13.1. The molecular weight excluding hydrogens is 378 g/mol. The van der Waals surface area contributed by atoms with Gasteiger partial charge in [0.25, 0.3) is 0 Å². The average molecular weight is 398 g/mol. The Morgan fingerprint density at radius 1 is 1.33 bits per heavy atom. The van der Waals surface area contributed by atoms with Crippen LogP contribution < -0.4 is 5.32 Å². The van der Waals surface area contributed by atoms with Gasteiger partial charge in [0, 0.05) is 10.3 Å². The van der Waals surface area contributed by atoms with Gasteiger partial charge < -0.3 is 9.73 Å². The average Bonchev–Trinajstić information content (AvgIpc) is 3.31.